The van der Waals surface area contributed by atoms with Gasteiger partial charge in [-0.3, -0.25) is 4.79 Å². The van der Waals surface area contributed by atoms with E-state index in [1.54, 1.807) is 11.9 Å². The van der Waals surface area contributed by atoms with Gasteiger partial charge in [0, 0.05) is 13.6 Å². The molecule has 3 nitrogen and oxygen atoms in total. The summed E-state index contributed by atoms with van der Waals surface area (Å²) in [7, 11) is 1.77. The molecule has 1 unspecified atom stereocenters. The Morgan fingerprint density at radius 2 is 2.07 bits per heavy atom. The van der Waals surface area contributed by atoms with Crippen LogP contribution in [-0.4, -0.2) is 24.4 Å². The van der Waals surface area contributed by atoms with Gasteiger partial charge in [0.15, 0.2) is 0 Å². The summed E-state index contributed by atoms with van der Waals surface area (Å²) < 4.78 is 0. The smallest absolute Gasteiger partial charge is 0.239 e. The van der Waals surface area contributed by atoms with Crippen LogP contribution in [-0.2, 0) is 4.79 Å². The predicted molar refractivity (Wildman–Crippen MR) is 56.5 cm³/mol. The normalized spacial score (nSPS) is 12.3. The molecule has 0 aromatic rings. The number of nitriles is 1. The van der Waals surface area contributed by atoms with Gasteiger partial charge in [-0.15, -0.1) is 0 Å². The lowest BCUT2D eigenvalue weighted by Crippen LogP contribution is -2.34. The third kappa shape index (κ3) is 4.27. The number of hydrogen-bond donors (Lipinski definition) is 0. The van der Waals surface area contributed by atoms with Crippen molar-refractivity contribution in [1.29, 1.82) is 5.26 Å². The van der Waals surface area contributed by atoms with Gasteiger partial charge in [0.25, 0.3) is 0 Å². The van der Waals surface area contributed by atoms with Crippen molar-refractivity contribution < 1.29 is 4.79 Å². The number of carbonyl (C=O) groups excluding carboxylic acids is 1. The van der Waals surface area contributed by atoms with Crippen LogP contribution in [0.4, 0.5) is 0 Å². The van der Waals surface area contributed by atoms with Crippen LogP contribution in [0.2, 0.25) is 0 Å². The minimum absolute atomic E-state index is 0.0388. The van der Waals surface area contributed by atoms with E-state index in [0.717, 1.165) is 13.0 Å². The van der Waals surface area contributed by atoms with Crippen LogP contribution in [0, 0.1) is 23.2 Å². The second-order valence-electron chi connectivity index (χ2n) is 4.08. The molecule has 0 aliphatic carbocycles. The molecule has 0 saturated carbocycles. The Morgan fingerprint density at radius 3 is 2.43 bits per heavy atom. The third-order valence-corrected chi connectivity index (χ3v) is 2.05. The average molecular weight is 196 g/mol. The topological polar surface area (TPSA) is 44.1 Å². The summed E-state index contributed by atoms with van der Waals surface area (Å²) >= 11 is 0. The van der Waals surface area contributed by atoms with Gasteiger partial charge in [0.05, 0.1) is 6.07 Å². The molecule has 80 valence electrons. The van der Waals surface area contributed by atoms with Gasteiger partial charge in [-0.25, -0.2) is 0 Å². The molecule has 0 N–H and O–H groups in total. The first-order valence-corrected chi connectivity index (χ1v) is 5.17. The predicted octanol–water partition coefficient (Wildman–Crippen LogP) is 2.04. The van der Waals surface area contributed by atoms with Crippen LogP contribution in [0.1, 0.15) is 33.6 Å². The summed E-state index contributed by atoms with van der Waals surface area (Å²) in [6.45, 7) is 6.83. The molecule has 0 radical (unpaired) electrons. The monoisotopic (exact) mass is 196 g/mol. The highest BCUT2D eigenvalue weighted by molar-refractivity contribution is 5.80. The van der Waals surface area contributed by atoms with E-state index in [9.17, 15) is 4.79 Å². The number of nitrogens with zero attached hydrogens (tertiary/aromatic N) is 2. The fourth-order valence-corrected chi connectivity index (χ4v) is 1.44. The molecule has 0 saturated heterocycles. The summed E-state index contributed by atoms with van der Waals surface area (Å²) in [5.74, 6) is -0.0447. The molecule has 0 aromatic heterocycles. The minimum Gasteiger partial charge on any atom is -0.344 e. The first-order chi connectivity index (χ1) is 6.52. The van der Waals surface area contributed by atoms with E-state index in [0.29, 0.717) is 12.3 Å². The molecule has 0 aliphatic rings. The van der Waals surface area contributed by atoms with E-state index in [-0.39, 0.29) is 5.91 Å². The zero-order valence-corrected chi connectivity index (χ0v) is 9.58. The fraction of sp³-hybridized carbons (Fsp3) is 0.818. The summed E-state index contributed by atoms with van der Waals surface area (Å²) in [5, 5.41) is 8.81. The first kappa shape index (κ1) is 13.0. The maximum Gasteiger partial charge on any atom is 0.239 e. The lowest BCUT2D eigenvalue weighted by molar-refractivity contribution is -0.133. The van der Waals surface area contributed by atoms with Crippen LogP contribution >= 0.6 is 0 Å². The molecule has 14 heavy (non-hydrogen) atoms. The summed E-state index contributed by atoms with van der Waals surface area (Å²) in [5.41, 5.74) is 0. The van der Waals surface area contributed by atoms with Crippen molar-refractivity contribution in [2.75, 3.05) is 13.6 Å². The van der Waals surface area contributed by atoms with E-state index < -0.39 is 5.92 Å². The van der Waals surface area contributed by atoms with Crippen molar-refractivity contribution >= 4 is 5.91 Å². The minimum atomic E-state index is -0.455. The van der Waals surface area contributed by atoms with Crippen molar-refractivity contribution in [3.8, 4) is 6.07 Å². The average Bonchev–Trinajstić information content (AvgIpc) is 2.12. The Bertz CT molecular complexity index is 218. The summed E-state index contributed by atoms with van der Waals surface area (Å²) in [6.07, 6.45) is 1.54. The van der Waals surface area contributed by atoms with E-state index in [1.807, 2.05) is 6.92 Å². The lowest BCUT2D eigenvalue weighted by Gasteiger charge is -2.21. The number of rotatable bonds is 5. The molecule has 1 amide bonds. The van der Waals surface area contributed by atoms with Crippen LogP contribution in [0.5, 0.6) is 0 Å². The molecule has 0 aromatic carbocycles. The molecule has 0 fully saturated rings. The van der Waals surface area contributed by atoms with Crippen LogP contribution < -0.4 is 0 Å². The molecule has 3 heteroatoms. The maximum absolute atomic E-state index is 11.7. The Labute approximate surface area is 86.7 Å². The quantitative estimate of drug-likeness (QED) is 0.675. The van der Waals surface area contributed by atoms with Crippen molar-refractivity contribution in [2.45, 2.75) is 33.6 Å². The highest BCUT2D eigenvalue weighted by Crippen LogP contribution is 2.09. The zero-order valence-electron chi connectivity index (χ0n) is 9.58. The maximum atomic E-state index is 11.7. The third-order valence-electron chi connectivity index (χ3n) is 2.05. The molecule has 0 heterocycles. The first-order valence-electron chi connectivity index (χ1n) is 5.17. The summed E-state index contributed by atoms with van der Waals surface area (Å²) in [4.78, 5) is 13.4. The van der Waals surface area contributed by atoms with Crippen molar-refractivity contribution in [2.24, 2.45) is 11.8 Å². The van der Waals surface area contributed by atoms with Crippen molar-refractivity contribution in [3.05, 3.63) is 0 Å². The second-order valence-corrected chi connectivity index (χ2v) is 4.08. The van der Waals surface area contributed by atoms with Crippen molar-refractivity contribution in [3.63, 3.8) is 0 Å². The highest BCUT2D eigenvalue weighted by atomic mass is 16.2. The van der Waals surface area contributed by atoms with E-state index in [2.05, 4.69) is 19.9 Å². The van der Waals surface area contributed by atoms with Crippen molar-refractivity contribution in [1.82, 2.24) is 4.90 Å². The number of hydrogen-bond acceptors (Lipinski definition) is 2. The molecular weight excluding hydrogens is 176 g/mol. The Hall–Kier alpha value is -1.04. The van der Waals surface area contributed by atoms with Gasteiger partial charge < -0.3 is 4.90 Å². The van der Waals surface area contributed by atoms with E-state index in [4.69, 9.17) is 5.26 Å². The molecule has 0 rings (SSSR count). The zero-order chi connectivity index (χ0) is 11.1. The Morgan fingerprint density at radius 1 is 1.50 bits per heavy atom. The van der Waals surface area contributed by atoms with Crippen LogP contribution in [0.3, 0.4) is 0 Å². The molecular formula is C11H20N2O. The van der Waals surface area contributed by atoms with Gasteiger partial charge >= 0.3 is 0 Å². The second kappa shape index (κ2) is 6.42. The van der Waals surface area contributed by atoms with Gasteiger partial charge in [0.2, 0.25) is 5.91 Å². The number of carbonyl (C=O) groups is 1. The van der Waals surface area contributed by atoms with E-state index >= 15 is 0 Å². The lowest BCUT2D eigenvalue weighted by atomic mass is 10.0. The SMILES string of the molecule is CCCC(C#N)C(=O)N(C)CC(C)C. The van der Waals surface area contributed by atoms with Crippen LogP contribution in [0.15, 0.2) is 0 Å². The Balaban J connectivity index is 4.21. The molecule has 1 atom stereocenters. The largest absolute Gasteiger partial charge is 0.344 e. The fourth-order valence-electron chi connectivity index (χ4n) is 1.44. The highest BCUT2D eigenvalue weighted by Gasteiger charge is 2.20. The molecule has 0 spiro atoms. The number of amides is 1. The molecule has 0 bridgehead atoms. The van der Waals surface area contributed by atoms with Crippen LogP contribution in [0.25, 0.3) is 0 Å². The van der Waals surface area contributed by atoms with Gasteiger partial charge in [-0.1, -0.05) is 27.2 Å². The van der Waals surface area contributed by atoms with Gasteiger partial charge in [-0.2, -0.15) is 5.26 Å². The summed E-state index contributed by atoms with van der Waals surface area (Å²) in [6, 6.07) is 2.07. The Kier molecular flexibility index (Phi) is 5.94. The van der Waals surface area contributed by atoms with Gasteiger partial charge in [-0.05, 0) is 12.3 Å². The van der Waals surface area contributed by atoms with E-state index in [1.165, 1.54) is 0 Å². The molecule has 0 aliphatic heterocycles. The van der Waals surface area contributed by atoms with Gasteiger partial charge in [0.1, 0.15) is 5.92 Å². The standard InChI is InChI=1S/C11H20N2O/c1-5-6-10(7-12)11(14)13(4)8-9(2)3/h9-10H,5-6,8H2,1-4H3.